The second kappa shape index (κ2) is 17.0. The zero-order chi connectivity index (χ0) is 40.7. The smallest absolute Gasteiger partial charge is 0.229 e. The number of fused-ring (bicyclic) bond motifs is 1. The molecule has 0 aromatic heterocycles. The molecule has 0 bridgehead atoms. The van der Waals surface area contributed by atoms with Crippen molar-refractivity contribution in [3.8, 4) is 34.5 Å². The predicted molar refractivity (Wildman–Crippen MR) is 181 cm³/mol. The molecule has 312 valence electrons. The third-order valence-corrected chi connectivity index (χ3v) is 9.93. The van der Waals surface area contributed by atoms with Gasteiger partial charge < -0.3 is 104 Å². The van der Waals surface area contributed by atoms with Crippen LogP contribution >= 0.6 is 0 Å². The van der Waals surface area contributed by atoms with E-state index in [9.17, 15) is 61.3 Å². The number of phenolic OH excluding ortho intramolecular Hbond substituents is 2. The summed E-state index contributed by atoms with van der Waals surface area (Å²) in [5.41, 5.74) is 0.227. The predicted octanol–water partition coefficient (Wildman–Crippen LogP) is -3.56. The highest BCUT2D eigenvalue weighted by Crippen LogP contribution is 2.48. The largest absolute Gasteiger partial charge is 0.508 e. The normalized spacial score (nSPS) is 38.5. The number of rotatable bonds is 11. The Labute approximate surface area is 318 Å². The van der Waals surface area contributed by atoms with Gasteiger partial charge in [0.1, 0.15) is 90.2 Å². The minimum absolute atomic E-state index is 0.0211. The minimum Gasteiger partial charge on any atom is -0.508 e. The molecule has 0 spiro atoms. The topological polar surface area (TPSA) is 326 Å². The summed E-state index contributed by atoms with van der Waals surface area (Å²) in [6.45, 7) is 0.0914. The quantitative estimate of drug-likeness (QED) is 0.105. The number of phenols is 2. The maximum atomic E-state index is 11.1. The molecule has 4 aliphatic heterocycles. The van der Waals surface area contributed by atoms with Gasteiger partial charge in [-0.15, -0.1) is 0 Å². The fraction of sp³-hybridized carbons (Fsp3) is 0.600. The van der Waals surface area contributed by atoms with Crippen molar-refractivity contribution in [2.45, 2.75) is 105 Å². The molecule has 4 aliphatic rings. The molecular formula is C35H46O21. The highest BCUT2D eigenvalue weighted by molar-refractivity contribution is 5.70. The van der Waals surface area contributed by atoms with Gasteiger partial charge >= 0.3 is 0 Å². The van der Waals surface area contributed by atoms with Crippen LogP contribution < -0.4 is 18.9 Å². The van der Waals surface area contributed by atoms with Gasteiger partial charge in [-0.25, -0.2) is 0 Å². The summed E-state index contributed by atoms with van der Waals surface area (Å²) in [5, 5.41) is 125. The lowest BCUT2D eigenvalue weighted by molar-refractivity contribution is -0.324. The second-order valence-corrected chi connectivity index (χ2v) is 13.6. The monoisotopic (exact) mass is 802 g/mol. The lowest BCUT2D eigenvalue weighted by Gasteiger charge is -2.43. The van der Waals surface area contributed by atoms with Crippen molar-refractivity contribution in [3.05, 3.63) is 41.2 Å². The van der Waals surface area contributed by atoms with Crippen LogP contribution in [0.25, 0.3) is 6.08 Å². The number of ether oxygens (including phenoxy) is 9. The fourth-order valence-electron chi connectivity index (χ4n) is 6.64. The molecule has 16 atom stereocenters. The average molecular weight is 803 g/mol. The van der Waals surface area contributed by atoms with E-state index in [1.54, 1.807) is 0 Å². The van der Waals surface area contributed by atoms with E-state index in [0.29, 0.717) is 0 Å². The first kappa shape index (κ1) is 41.8. The molecule has 4 heterocycles. The van der Waals surface area contributed by atoms with Crippen LogP contribution in [-0.4, -0.2) is 181 Å². The van der Waals surface area contributed by atoms with Crippen molar-refractivity contribution >= 4 is 6.08 Å². The van der Waals surface area contributed by atoms with Crippen LogP contribution in [0.1, 0.15) is 24.2 Å². The first-order valence-corrected chi connectivity index (χ1v) is 17.4. The van der Waals surface area contributed by atoms with E-state index in [2.05, 4.69) is 0 Å². The number of hydrogen-bond acceptors (Lipinski definition) is 21. The van der Waals surface area contributed by atoms with Gasteiger partial charge in [0, 0.05) is 17.7 Å². The third-order valence-electron chi connectivity index (χ3n) is 9.93. The van der Waals surface area contributed by atoms with Gasteiger partial charge in [0.2, 0.25) is 18.3 Å². The Balaban J connectivity index is 1.35. The minimum atomic E-state index is -1.92. The summed E-state index contributed by atoms with van der Waals surface area (Å²) < 4.78 is 51.2. The van der Waals surface area contributed by atoms with Crippen molar-refractivity contribution in [1.82, 2.24) is 0 Å². The van der Waals surface area contributed by atoms with Crippen LogP contribution in [0.5, 0.6) is 34.5 Å². The molecule has 3 fully saturated rings. The molecule has 21 nitrogen and oxygen atoms in total. The van der Waals surface area contributed by atoms with Crippen LogP contribution in [0, 0.1) is 0 Å². The van der Waals surface area contributed by atoms with Gasteiger partial charge in [0.25, 0.3) is 0 Å². The summed E-state index contributed by atoms with van der Waals surface area (Å²) in [7, 11) is 2.57. The molecule has 21 heteroatoms. The molecule has 3 saturated heterocycles. The van der Waals surface area contributed by atoms with E-state index in [1.165, 1.54) is 45.4 Å². The molecule has 12 N–H and O–H groups in total. The van der Waals surface area contributed by atoms with E-state index < -0.39 is 117 Å². The molecule has 56 heavy (non-hydrogen) atoms. The van der Waals surface area contributed by atoms with Crippen LogP contribution in [0.3, 0.4) is 0 Å². The standard InChI is InChI=1S/C35H46O21/c1-11-22(38)26(42)29(45)33(51-11)50-10-21-25(41)28(44)31(47)35(56-21)54-19-8-14-15(52-32(19)12-4-17(48-2)23(39)18(5-12)49-3)6-13(37)7-16(14)53-34-30(46)27(43)24(40)20(9-36)55-34/h4-8,11,20-22,24-47H,9-10H2,1-3H3/t11-,20+,21-,22-,24+,25+,26+,27-,28-,29+,30+,31+,32?,33+,34+,35+/m0/s1. The first-order chi connectivity index (χ1) is 26.6. The molecule has 2 aromatic carbocycles. The maximum Gasteiger partial charge on any atom is 0.229 e. The van der Waals surface area contributed by atoms with Crippen molar-refractivity contribution in [3.63, 3.8) is 0 Å². The lowest BCUT2D eigenvalue weighted by Crippen LogP contribution is -2.61. The van der Waals surface area contributed by atoms with E-state index in [0.717, 1.165) is 6.07 Å². The number of aliphatic hydroxyl groups excluding tert-OH is 10. The lowest BCUT2D eigenvalue weighted by atomic mass is 9.98. The molecule has 0 aliphatic carbocycles. The Hall–Kier alpha value is -3.78. The zero-order valence-corrected chi connectivity index (χ0v) is 30.1. The average Bonchev–Trinajstić information content (AvgIpc) is 3.18. The highest BCUT2D eigenvalue weighted by Gasteiger charge is 2.49. The number of aliphatic hydroxyl groups is 10. The summed E-state index contributed by atoms with van der Waals surface area (Å²) in [6, 6.07) is 5.04. The van der Waals surface area contributed by atoms with E-state index in [4.69, 9.17) is 42.6 Å². The summed E-state index contributed by atoms with van der Waals surface area (Å²) in [4.78, 5) is 0. The Kier molecular flexibility index (Phi) is 12.7. The van der Waals surface area contributed by atoms with Gasteiger partial charge in [-0.2, -0.15) is 0 Å². The summed E-state index contributed by atoms with van der Waals surface area (Å²) in [5.74, 6) is -1.37. The second-order valence-electron chi connectivity index (χ2n) is 13.6. The van der Waals surface area contributed by atoms with Crippen LogP contribution in [0.2, 0.25) is 0 Å². The molecule has 1 unspecified atom stereocenters. The Morgan fingerprint density at radius 1 is 0.607 bits per heavy atom. The molecule has 6 rings (SSSR count). The van der Waals surface area contributed by atoms with Gasteiger partial charge in [0.05, 0.1) is 39.1 Å². The Morgan fingerprint density at radius 2 is 1.16 bits per heavy atom. The number of methoxy groups -OCH3 is 2. The SMILES string of the molecule is COc1cc(C2Oc3cc(O)cc(O[C@@H]4O[C@H](CO)[C@@H](O)[C@H](O)[C@H]4O)c3C=C2O[C@@H]2O[C@@H](CO[C@@H]3O[C@@H](C)[C@H](O)[C@@H](O)[C@H]3O)[C@@H](O)[C@H](O)[C@H]2O)cc(OC)c1O. The number of benzene rings is 2. The van der Waals surface area contributed by atoms with Gasteiger partial charge in [-0.05, 0) is 25.1 Å². The van der Waals surface area contributed by atoms with E-state index >= 15 is 0 Å². The van der Waals surface area contributed by atoms with Crippen LogP contribution in [-0.2, 0) is 23.7 Å². The Bertz CT molecular complexity index is 1680. The van der Waals surface area contributed by atoms with Crippen LogP contribution in [0.4, 0.5) is 0 Å². The van der Waals surface area contributed by atoms with Gasteiger partial charge in [-0.3, -0.25) is 0 Å². The third kappa shape index (κ3) is 8.01. The fourth-order valence-corrected chi connectivity index (χ4v) is 6.64. The molecule has 2 aromatic rings. The molecule has 0 radical (unpaired) electrons. The van der Waals surface area contributed by atoms with Crippen molar-refractivity contribution in [2.75, 3.05) is 27.4 Å². The highest BCUT2D eigenvalue weighted by atomic mass is 16.7. The molecular weight excluding hydrogens is 756 g/mol. The van der Waals surface area contributed by atoms with Crippen molar-refractivity contribution in [2.24, 2.45) is 0 Å². The zero-order valence-electron chi connectivity index (χ0n) is 30.1. The number of aromatic hydroxyl groups is 2. The first-order valence-electron chi connectivity index (χ1n) is 17.4. The number of hydrogen-bond donors (Lipinski definition) is 12. The van der Waals surface area contributed by atoms with Crippen molar-refractivity contribution < 1.29 is 104 Å². The van der Waals surface area contributed by atoms with Gasteiger partial charge in [-0.1, -0.05) is 0 Å². The summed E-state index contributed by atoms with van der Waals surface area (Å²) >= 11 is 0. The molecule has 0 saturated carbocycles. The summed E-state index contributed by atoms with van der Waals surface area (Å²) in [6.07, 6.45) is -24.4. The maximum absolute atomic E-state index is 11.1. The molecule has 0 amide bonds. The van der Waals surface area contributed by atoms with Crippen LogP contribution in [0.15, 0.2) is 30.0 Å². The van der Waals surface area contributed by atoms with Crippen molar-refractivity contribution in [1.29, 1.82) is 0 Å². The van der Waals surface area contributed by atoms with Gasteiger partial charge in [0.15, 0.2) is 23.9 Å². The van der Waals surface area contributed by atoms with E-state index in [1.807, 2.05) is 0 Å². The Morgan fingerprint density at radius 3 is 1.77 bits per heavy atom. The van der Waals surface area contributed by atoms with E-state index in [-0.39, 0.29) is 45.6 Å².